The molecule has 18 heavy (non-hydrogen) atoms. The molecule has 0 aliphatic rings. The van der Waals surface area contributed by atoms with E-state index in [1.807, 2.05) is 19.2 Å². The van der Waals surface area contributed by atoms with Crippen LogP contribution >= 0.6 is 12.2 Å². The van der Waals surface area contributed by atoms with Gasteiger partial charge in [0.2, 0.25) is 0 Å². The first-order valence-electron chi connectivity index (χ1n) is 6.36. The summed E-state index contributed by atoms with van der Waals surface area (Å²) in [6.45, 7) is 11.7. The number of aryl methyl sites for hydroxylation is 1. The van der Waals surface area contributed by atoms with Crippen molar-refractivity contribution in [2.24, 2.45) is 11.7 Å². The van der Waals surface area contributed by atoms with E-state index in [9.17, 15) is 0 Å². The first kappa shape index (κ1) is 14.9. The van der Waals surface area contributed by atoms with Gasteiger partial charge in [0.25, 0.3) is 0 Å². The van der Waals surface area contributed by atoms with Gasteiger partial charge in [-0.25, -0.2) is 4.98 Å². The normalized spacial score (nSPS) is 11.1. The van der Waals surface area contributed by atoms with Gasteiger partial charge in [0.1, 0.15) is 10.8 Å². The molecule has 1 rings (SSSR count). The number of pyridine rings is 1. The van der Waals surface area contributed by atoms with Gasteiger partial charge in [-0.05, 0) is 38.3 Å². The Kier molecular flexibility index (Phi) is 5.08. The molecule has 1 aromatic heterocycles. The number of thiocarbonyl (C=S) groups is 1. The van der Waals surface area contributed by atoms with E-state index >= 15 is 0 Å². The molecule has 0 saturated heterocycles. The Morgan fingerprint density at radius 2 is 2.00 bits per heavy atom. The quantitative estimate of drug-likeness (QED) is 0.831. The van der Waals surface area contributed by atoms with Crippen LogP contribution in [0.25, 0.3) is 0 Å². The van der Waals surface area contributed by atoms with Gasteiger partial charge in [-0.15, -0.1) is 0 Å². The van der Waals surface area contributed by atoms with Crippen LogP contribution in [0, 0.1) is 12.8 Å². The zero-order valence-electron chi connectivity index (χ0n) is 11.9. The van der Waals surface area contributed by atoms with Crippen molar-refractivity contribution in [1.82, 2.24) is 4.98 Å². The molecule has 0 fully saturated rings. The summed E-state index contributed by atoms with van der Waals surface area (Å²) >= 11 is 5.17. The molecule has 0 unspecified atom stereocenters. The standard InChI is InChI=1S/C14H23N3S/c1-9(2)8-17(10(3)4)14-12(13(15)18)11(5)6-7-16-14/h6-7,9-10H,8H2,1-5H3,(H2,15,18). The molecule has 100 valence electrons. The summed E-state index contributed by atoms with van der Waals surface area (Å²) in [6, 6.07) is 2.32. The molecule has 0 bridgehead atoms. The number of nitrogens with zero attached hydrogens (tertiary/aromatic N) is 2. The molecular weight excluding hydrogens is 242 g/mol. The minimum absolute atomic E-state index is 0.370. The van der Waals surface area contributed by atoms with Gasteiger partial charge in [0.15, 0.2) is 0 Å². The summed E-state index contributed by atoms with van der Waals surface area (Å²) in [6.07, 6.45) is 1.82. The van der Waals surface area contributed by atoms with E-state index < -0.39 is 0 Å². The molecule has 0 spiro atoms. The molecular formula is C14H23N3S. The van der Waals surface area contributed by atoms with Crippen molar-refractivity contribution in [1.29, 1.82) is 0 Å². The fraction of sp³-hybridized carbons (Fsp3) is 0.571. The maximum Gasteiger partial charge on any atom is 0.139 e. The van der Waals surface area contributed by atoms with E-state index in [0.29, 0.717) is 16.9 Å². The van der Waals surface area contributed by atoms with Crippen molar-refractivity contribution in [3.05, 3.63) is 23.4 Å². The maximum atomic E-state index is 5.85. The number of aromatic nitrogens is 1. The number of hydrogen-bond donors (Lipinski definition) is 1. The maximum absolute atomic E-state index is 5.85. The fourth-order valence-electron chi connectivity index (χ4n) is 2.00. The summed E-state index contributed by atoms with van der Waals surface area (Å²) in [5.74, 6) is 1.47. The van der Waals surface area contributed by atoms with Crippen molar-refractivity contribution >= 4 is 23.0 Å². The summed E-state index contributed by atoms with van der Waals surface area (Å²) in [5.41, 5.74) is 7.84. The number of hydrogen-bond acceptors (Lipinski definition) is 3. The van der Waals surface area contributed by atoms with Crippen molar-refractivity contribution < 1.29 is 0 Å². The van der Waals surface area contributed by atoms with Gasteiger partial charge >= 0.3 is 0 Å². The van der Waals surface area contributed by atoms with Crippen molar-refractivity contribution in [2.45, 2.75) is 40.7 Å². The molecule has 1 heterocycles. The van der Waals surface area contributed by atoms with Crippen LogP contribution in [0.4, 0.5) is 5.82 Å². The Bertz CT molecular complexity index is 427. The van der Waals surface area contributed by atoms with Crippen LogP contribution in [0.15, 0.2) is 12.3 Å². The van der Waals surface area contributed by atoms with Crippen LogP contribution in [-0.4, -0.2) is 22.6 Å². The number of rotatable bonds is 5. The van der Waals surface area contributed by atoms with E-state index in [1.54, 1.807) is 0 Å². The third-order valence-corrected chi connectivity index (χ3v) is 3.05. The first-order chi connectivity index (χ1) is 8.34. The summed E-state index contributed by atoms with van der Waals surface area (Å²) in [7, 11) is 0. The second-order valence-corrected chi connectivity index (χ2v) is 5.77. The van der Waals surface area contributed by atoms with Crippen molar-refractivity contribution in [3.8, 4) is 0 Å². The molecule has 2 N–H and O–H groups in total. The minimum atomic E-state index is 0.370. The largest absolute Gasteiger partial charge is 0.389 e. The van der Waals surface area contributed by atoms with Crippen LogP contribution in [-0.2, 0) is 0 Å². The van der Waals surface area contributed by atoms with Crippen LogP contribution in [0.2, 0.25) is 0 Å². The SMILES string of the molecule is Cc1ccnc(N(CC(C)C)C(C)C)c1C(N)=S. The highest BCUT2D eigenvalue weighted by molar-refractivity contribution is 7.80. The third kappa shape index (κ3) is 3.42. The number of nitrogens with two attached hydrogens (primary N) is 1. The van der Waals surface area contributed by atoms with E-state index in [-0.39, 0.29) is 0 Å². The average molecular weight is 265 g/mol. The zero-order chi connectivity index (χ0) is 13.9. The molecule has 0 aliphatic heterocycles. The molecule has 0 saturated carbocycles. The van der Waals surface area contributed by atoms with Crippen LogP contribution in [0.5, 0.6) is 0 Å². The van der Waals surface area contributed by atoms with E-state index in [0.717, 1.165) is 23.5 Å². The van der Waals surface area contributed by atoms with E-state index in [2.05, 4.69) is 37.6 Å². The highest BCUT2D eigenvalue weighted by Crippen LogP contribution is 2.23. The monoisotopic (exact) mass is 265 g/mol. The Morgan fingerprint density at radius 1 is 1.39 bits per heavy atom. The Balaban J connectivity index is 3.27. The average Bonchev–Trinajstić information content (AvgIpc) is 2.24. The lowest BCUT2D eigenvalue weighted by Crippen LogP contribution is -2.36. The topological polar surface area (TPSA) is 42.2 Å². The molecule has 0 radical (unpaired) electrons. The van der Waals surface area contributed by atoms with Crippen molar-refractivity contribution in [3.63, 3.8) is 0 Å². The zero-order valence-corrected chi connectivity index (χ0v) is 12.7. The summed E-state index contributed by atoms with van der Waals surface area (Å²) in [4.78, 5) is 7.19. The summed E-state index contributed by atoms with van der Waals surface area (Å²) in [5, 5.41) is 0. The van der Waals surface area contributed by atoms with Crippen LogP contribution in [0.1, 0.15) is 38.8 Å². The third-order valence-electron chi connectivity index (χ3n) is 2.84. The molecule has 3 nitrogen and oxygen atoms in total. The van der Waals surface area contributed by atoms with Crippen LogP contribution < -0.4 is 10.6 Å². The molecule has 1 aromatic rings. The van der Waals surface area contributed by atoms with Gasteiger partial charge in [0.05, 0.1) is 5.56 Å². The number of anilines is 1. The van der Waals surface area contributed by atoms with Crippen LogP contribution in [0.3, 0.4) is 0 Å². The highest BCUT2D eigenvalue weighted by Gasteiger charge is 2.19. The molecule has 4 heteroatoms. The summed E-state index contributed by atoms with van der Waals surface area (Å²) < 4.78 is 0. The van der Waals surface area contributed by atoms with Gasteiger partial charge < -0.3 is 10.6 Å². The van der Waals surface area contributed by atoms with Gasteiger partial charge in [-0.1, -0.05) is 26.1 Å². The predicted octanol–water partition coefficient (Wildman–Crippen LogP) is 2.90. The highest BCUT2D eigenvalue weighted by atomic mass is 32.1. The molecule has 0 aromatic carbocycles. The first-order valence-corrected chi connectivity index (χ1v) is 6.77. The Morgan fingerprint density at radius 3 is 2.44 bits per heavy atom. The van der Waals surface area contributed by atoms with Gasteiger partial charge in [-0.2, -0.15) is 0 Å². The molecule has 0 aliphatic carbocycles. The molecule has 0 atom stereocenters. The smallest absolute Gasteiger partial charge is 0.139 e. The lowest BCUT2D eigenvalue weighted by Gasteiger charge is -2.31. The Hall–Kier alpha value is -1.16. The molecule has 0 amide bonds. The van der Waals surface area contributed by atoms with Gasteiger partial charge in [-0.3, -0.25) is 0 Å². The second-order valence-electron chi connectivity index (χ2n) is 5.33. The minimum Gasteiger partial charge on any atom is -0.389 e. The Labute approximate surface area is 115 Å². The predicted molar refractivity (Wildman–Crippen MR) is 82.2 cm³/mol. The lowest BCUT2D eigenvalue weighted by atomic mass is 10.1. The van der Waals surface area contributed by atoms with E-state index in [4.69, 9.17) is 18.0 Å². The second kappa shape index (κ2) is 6.14. The lowest BCUT2D eigenvalue weighted by molar-refractivity contribution is 0.566. The van der Waals surface area contributed by atoms with E-state index in [1.165, 1.54) is 0 Å². The van der Waals surface area contributed by atoms with Crippen molar-refractivity contribution in [2.75, 3.05) is 11.4 Å². The fourth-order valence-corrected chi connectivity index (χ4v) is 2.25. The van der Waals surface area contributed by atoms with Gasteiger partial charge in [0, 0.05) is 18.8 Å².